The first-order valence-corrected chi connectivity index (χ1v) is 8.36. The number of carbonyl (C=O) groups excluding carboxylic acids is 1. The van der Waals surface area contributed by atoms with E-state index in [4.69, 9.17) is 0 Å². The summed E-state index contributed by atoms with van der Waals surface area (Å²) in [5, 5.41) is 3.40. The minimum Gasteiger partial charge on any atom is -0.358 e. The van der Waals surface area contributed by atoms with E-state index in [-0.39, 0.29) is 18.1 Å². The molecule has 3 rings (SSSR count). The van der Waals surface area contributed by atoms with Gasteiger partial charge in [0.1, 0.15) is 5.82 Å². The number of aryl methyl sites for hydroxylation is 2. The average molecular weight is 331 g/mol. The van der Waals surface area contributed by atoms with Gasteiger partial charge in [-0.1, -0.05) is 0 Å². The fourth-order valence-corrected chi connectivity index (χ4v) is 3.60. The summed E-state index contributed by atoms with van der Waals surface area (Å²) in [5.41, 5.74) is 3.49. The van der Waals surface area contributed by atoms with Gasteiger partial charge in [0.05, 0.1) is 12.1 Å². The highest BCUT2D eigenvalue weighted by atomic mass is 32.1. The number of aromatic amines is 1. The van der Waals surface area contributed by atoms with Crippen molar-refractivity contribution in [3.63, 3.8) is 0 Å². The summed E-state index contributed by atoms with van der Waals surface area (Å²) in [6, 6.07) is 4.60. The van der Waals surface area contributed by atoms with Crippen molar-refractivity contribution in [1.82, 2.24) is 9.97 Å². The SMILES string of the molecule is CCN(C(=O)Cc1c(C)[nH]c2ccc(F)cc12)c1nc(C)cs1. The molecule has 4 nitrogen and oxygen atoms in total. The van der Waals surface area contributed by atoms with E-state index >= 15 is 0 Å². The van der Waals surface area contributed by atoms with Crippen molar-refractivity contribution < 1.29 is 9.18 Å². The van der Waals surface area contributed by atoms with Crippen LogP contribution in [-0.2, 0) is 11.2 Å². The number of fused-ring (bicyclic) bond motifs is 1. The van der Waals surface area contributed by atoms with Crippen LogP contribution < -0.4 is 4.90 Å². The summed E-state index contributed by atoms with van der Waals surface area (Å²) in [5.74, 6) is -0.330. The zero-order valence-electron chi connectivity index (χ0n) is 13.3. The number of aromatic nitrogens is 2. The lowest BCUT2D eigenvalue weighted by Crippen LogP contribution is -2.32. The summed E-state index contributed by atoms with van der Waals surface area (Å²) in [6.45, 7) is 6.30. The van der Waals surface area contributed by atoms with Gasteiger partial charge in [-0.3, -0.25) is 9.69 Å². The predicted octanol–water partition coefficient (Wildman–Crippen LogP) is 3.98. The van der Waals surface area contributed by atoms with Gasteiger partial charge in [-0.05, 0) is 44.5 Å². The second-order valence-corrected chi connectivity index (χ2v) is 6.34. The molecule has 0 saturated carbocycles. The number of hydrogen-bond donors (Lipinski definition) is 1. The smallest absolute Gasteiger partial charge is 0.233 e. The molecule has 2 aromatic heterocycles. The van der Waals surface area contributed by atoms with Gasteiger partial charge in [0.2, 0.25) is 5.91 Å². The average Bonchev–Trinajstić information content (AvgIpc) is 3.05. The Morgan fingerprint density at radius 1 is 1.39 bits per heavy atom. The van der Waals surface area contributed by atoms with Crippen molar-refractivity contribution in [2.24, 2.45) is 0 Å². The molecular formula is C17H18FN3OS. The first-order chi connectivity index (χ1) is 11.0. The molecule has 23 heavy (non-hydrogen) atoms. The van der Waals surface area contributed by atoms with E-state index in [1.54, 1.807) is 11.0 Å². The van der Waals surface area contributed by atoms with Gasteiger partial charge in [-0.2, -0.15) is 0 Å². The second-order valence-electron chi connectivity index (χ2n) is 5.50. The lowest BCUT2D eigenvalue weighted by Gasteiger charge is -2.17. The summed E-state index contributed by atoms with van der Waals surface area (Å²) < 4.78 is 13.5. The molecule has 3 aromatic rings. The number of anilines is 1. The van der Waals surface area contributed by atoms with Crippen molar-refractivity contribution in [2.75, 3.05) is 11.4 Å². The number of thiazole rings is 1. The van der Waals surface area contributed by atoms with Crippen LogP contribution in [0.1, 0.15) is 23.9 Å². The molecule has 1 N–H and O–H groups in total. The summed E-state index contributed by atoms with van der Waals surface area (Å²) in [7, 11) is 0. The Hall–Kier alpha value is -2.21. The van der Waals surface area contributed by atoms with Crippen LogP contribution in [0.15, 0.2) is 23.6 Å². The number of amides is 1. The molecule has 2 heterocycles. The number of nitrogens with zero attached hydrogens (tertiary/aromatic N) is 2. The third-order valence-electron chi connectivity index (χ3n) is 3.86. The second kappa shape index (κ2) is 6.12. The topological polar surface area (TPSA) is 49.0 Å². The highest BCUT2D eigenvalue weighted by Gasteiger charge is 2.20. The van der Waals surface area contributed by atoms with Crippen LogP contribution in [0.2, 0.25) is 0 Å². The third kappa shape index (κ3) is 2.99. The molecule has 0 atom stereocenters. The Balaban J connectivity index is 1.93. The lowest BCUT2D eigenvalue weighted by atomic mass is 10.1. The minimum absolute atomic E-state index is 0.0323. The highest BCUT2D eigenvalue weighted by Crippen LogP contribution is 2.26. The van der Waals surface area contributed by atoms with Crippen molar-refractivity contribution in [3.05, 3.63) is 46.3 Å². The zero-order valence-corrected chi connectivity index (χ0v) is 14.1. The van der Waals surface area contributed by atoms with Crippen LogP contribution in [0, 0.1) is 19.7 Å². The molecule has 0 aliphatic heterocycles. The number of hydrogen-bond acceptors (Lipinski definition) is 3. The molecule has 1 amide bonds. The molecule has 0 bridgehead atoms. The summed E-state index contributed by atoms with van der Waals surface area (Å²) in [4.78, 5) is 22.0. The van der Waals surface area contributed by atoms with E-state index in [0.29, 0.717) is 11.7 Å². The Kier molecular flexibility index (Phi) is 4.17. The first kappa shape index (κ1) is 15.7. The van der Waals surface area contributed by atoms with Gasteiger partial charge in [0.15, 0.2) is 5.13 Å². The van der Waals surface area contributed by atoms with E-state index in [2.05, 4.69) is 9.97 Å². The Morgan fingerprint density at radius 3 is 2.83 bits per heavy atom. The molecule has 120 valence electrons. The third-order valence-corrected chi connectivity index (χ3v) is 4.85. The number of nitrogens with one attached hydrogen (secondary N) is 1. The van der Waals surface area contributed by atoms with Gasteiger partial charge in [-0.25, -0.2) is 9.37 Å². The van der Waals surface area contributed by atoms with Crippen LogP contribution in [0.5, 0.6) is 0 Å². The lowest BCUT2D eigenvalue weighted by molar-refractivity contribution is -0.117. The monoisotopic (exact) mass is 331 g/mol. The van der Waals surface area contributed by atoms with Crippen molar-refractivity contribution in [3.8, 4) is 0 Å². The van der Waals surface area contributed by atoms with Crippen LogP contribution in [-0.4, -0.2) is 22.4 Å². The molecule has 0 radical (unpaired) electrons. The summed E-state index contributed by atoms with van der Waals surface area (Å²) >= 11 is 1.46. The number of benzene rings is 1. The number of likely N-dealkylation sites (N-methyl/N-ethyl adjacent to an activating group) is 1. The van der Waals surface area contributed by atoms with E-state index in [1.165, 1.54) is 23.5 Å². The Bertz CT molecular complexity index is 868. The van der Waals surface area contributed by atoms with Crippen LogP contribution >= 0.6 is 11.3 Å². The van der Waals surface area contributed by atoms with Crippen LogP contribution in [0.3, 0.4) is 0 Å². The largest absolute Gasteiger partial charge is 0.358 e. The minimum atomic E-state index is -0.298. The Labute approximate surface area is 138 Å². The van der Waals surface area contributed by atoms with Gasteiger partial charge < -0.3 is 4.98 Å². The van der Waals surface area contributed by atoms with E-state index in [0.717, 1.165) is 27.9 Å². The molecule has 6 heteroatoms. The van der Waals surface area contributed by atoms with Gasteiger partial charge in [0.25, 0.3) is 0 Å². The maximum absolute atomic E-state index is 13.5. The fourth-order valence-electron chi connectivity index (χ4n) is 2.71. The van der Waals surface area contributed by atoms with Crippen LogP contribution in [0.25, 0.3) is 10.9 Å². The van der Waals surface area contributed by atoms with Crippen molar-refractivity contribution in [2.45, 2.75) is 27.2 Å². The predicted molar refractivity (Wildman–Crippen MR) is 91.6 cm³/mol. The molecule has 0 saturated heterocycles. The maximum Gasteiger partial charge on any atom is 0.233 e. The Morgan fingerprint density at radius 2 is 2.17 bits per heavy atom. The standard InChI is InChI=1S/C17H18FN3OS/c1-4-21(17-19-10(2)9-23-17)16(22)8-13-11(3)20-15-6-5-12(18)7-14(13)15/h5-7,9,20H,4,8H2,1-3H3. The van der Waals surface area contributed by atoms with Crippen molar-refractivity contribution in [1.29, 1.82) is 0 Å². The molecule has 0 aliphatic rings. The van der Waals surface area contributed by atoms with Gasteiger partial charge in [0, 0.05) is 28.5 Å². The molecule has 0 spiro atoms. The normalized spacial score (nSPS) is 11.1. The molecule has 0 unspecified atom stereocenters. The quantitative estimate of drug-likeness (QED) is 0.786. The maximum atomic E-state index is 13.5. The van der Waals surface area contributed by atoms with Crippen molar-refractivity contribution >= 4 is 33.3 Å². The van der Waals surface area contributed by atoms with Gasteiger partial charge >= 0.3 is 0 Å². The number of H-pyrrole nitrogens is 1. The fraction of sp³-hybridized carbons (Fsp3) is 0.294. The van der Waals surface area contributed by atoms with E-state index in [9.17, 15) is 9.18 Å². The van der Waals surface area contributed by atoms with Crippen LogP contribution in [0.4, 0.5) is 9.52 Å². The zero-order chi connectivity index (χ0) is 16.6. The van der Waals surface area contributed by atoms with E-state index in [1.807, 2.05) is 26.2 Å². The molecule has 0 fully saturated rings. The first-order valence-electron chi connectivity index (χ1n) is 7.48. The molecular weight excluding hydrogens is 313 g/mol. The molecule has 1 aromatic carbocycles. The van der Waals surface area contributed by atoms with Gasteiger partial charge in [-0.15, -0.1) is 11.3 Å². The number of rotatable bonds is 4. The number of halogens is 1. The number of carbonyl (C=O) groups is 1. The van der Waals surface area contributed by atoms with E-state index < -0.39 is 0 Å². The summed E-state index contributed by atoms with van der Waals surface area (Å²) in [6.07, 6.45) is 0.224. The molecule has 0 aliphatic carbocycles. The highest BCUT2D eigenvalue weighted by molar-refractivity contribution is 7.14.